The van der Waals surface area contributed by atoms with Crippen molar-refractivity contribution in [1.82, 2.24) is 14.9 Å². The number of hydrogen-bond acceptors (Lipinski definition) is 4. The number of halogens is 1. The topological polar surface area (TPSA) is 32.3 Å². The van der Waals surface area contributed by atoms with E-state index in [4.69, 9.17) is 0 Å². The number of anilines is 1. The first kappa shape index (κ1) is 10.8. The van der Waals surface area contributed by atoms with Crippen LogP contribution in [0.4, 0.5) is 5.82 Å². The van der Waals surface area contributed by atoms with Gasteiger partial charge >= 0.3 is 0 Å². The molecule has 1 saturated heterocycles. The normalized spacial score (nSPS) is 23.1. The van der Waals surface area contributed by atoms with Crippen molar-refractivity contribution in [1.29, 1.82) is 0 Å². The zero-order valence-corrected chi connectivity index (χ0v) is 10.6. The lowest BCUT2D eigenvalue weighted by Crippen LogP contribution is -2.50. The SMILES string of the molecule is CC1CN(c2cc(Br)ncn2)CCN1C. The van der Waals surface area contributed by atoms with Crippen molar-refractivity contribution in [2.45, 2.75) is 13.0 Å². The fourth-order valence-corrected chi connectivity index (χ4v) is 2.05. The maximum absolute atomic E-state index is 4.29. The van der Waals surface area contributed by atoms with Crippen LogP contribution >= 0.6 is 15.9 Å². The molecule has 0 aromatic carbocycles. The van der Waals surface area contributed by atoms with E-state index in [0.29, 0.717) is 6.04 Å². The first-order chi connectivity index (χ1) is 7.16. The van der Waals surface area contributed by atoms with E-state index < -0.39 is 0 Å². The fraction of sp³-hybridized carbons (Fsp3) is 0.600. The molecule has 1 aromatic rings. The molecule has 5 heteroatoms. The number of aromatic nitrogens is 2. The van der Waals surface area contributed by atoms with Crippen LogP contribution < -0.4 is 4.90 Å². The smallest absolute Gasteiger partial charge is 0.133 e. The first-order valence-corrected chi connectivity index (χ1v) is 5.89. The van der Waals surface area contributed by atoms with Crippen molar-refractivity contribution in [3.63, 3.8) is 0 Å². The van der Waals surface area contributed by atoms with Crippen LogP contribution in [0.3, 0.4) is 0 Å². The highest BCUT2D eigenvalue weighted by molar-refractivity contribution is 9.10. The van der Waals surface area contributed by atoms with Crippen LogP contribution in [0.2, 0.25) is 0 Å². The zero-order valence-electron chi connectivity index (χ0n) is 9.02. The molecule has 0 spiro atoms. The summed E-state index contributed by atoms with van der Waals surface area (Å²) in [6.07, 6.45) is 1.60. The second-order valence-electron chi connectivity index (χ2n) is 3.97. The van der Waals surface area contributed by atoms with Crippen molar-refractivity contribution < 1.29 is 0 Å². The van der Waals surface area contributed by atoms with E-state index in [-0.39, 0.29) is 0 Å². The van der Waals surface area contributed by atoms with Crippen molar-refractivity contribution in [2.75, 3.05) is 31.6 Å². The van der Waals surface area contributed by atoms with Crippen LogP contribution in [0.1, 0.15) is 6.92 Å². The molecule has 0 radical (unpaired) electrons. The van der Waals surface area contributed by atoms with Crippen molar-refractivity contribution in [3.05, 3.63) is 17.0 Å². The predicted molar refractivity (Wildman–Crippen MR) is 64.0 cm³/mol. The van der Waals surface area contributed by atoms with E-state index in [0.717, 1.165) is 30.1 Å². The standard InChI is InChI=1S/C10H15BrN4/c1-8-6-15(4-3-14(8)2)10-5-9(11)12-7-13-10/h5,7-8H,3-4,6H2,1-2H3. The van der Waals surface area contributed by atoms with E-state index in [1.165, 1.54) is 0 Å². The largest absolute Gasteiger partial charge is 0.354 e. The molecule has 1 aliphatic heterocycles. The van der Waals surface area contributed by atoms with Crippen molar-refractivity contribution in [2.24, 2.45) is 0 Å². The summed E-state index contributed by atoms with van der Waals surface area (Å²) < 4.78 is 0.846. The summed E-state index contributed by atoms with van der Waals surface area (Å²) in [6, 6.07) is 2.55. The molecule has 82 valence electrons. The number of nitrogens with zero attached hydrogens (tertiary/aromatic N) is 4. The number of likely N-dealkylation sites (N-methyl/N-ethyl adjacent to an activating group) is 1. The van der Waals surface area contributed by atoms with Crippen molar-refractivity contribution in [3.8, 4) is 0 Å². The van der Waals surface area contributed by atoms with Gasteiger partial charge in [0, 0.05) is 31.7 Å². The van der Waals surface area contributed by atoms with Gasteiger partial charge in [0.25, 0.3) is 0 Å². The summed E-state index contributed by atoms with van der Waals surface area (Å²) in [5.74, 6) is 1.01. The second kappa shape index (κ2) is 4.45. The van der Waals surface area contributed by atoms with Gasteiger partial charge in [-0.25, -0.2) is 9.97 Å². The van der Waals surface area contributed by atoms with Crippen LogP contribution in [0.25, 0.3) is 0 Å². The highest BCUT2D eigenvalue weighted by Gasteiger charge is 2.21. The van der Waals surface area contributed by atoms with Gasteiger partial charge in [-0.05, 0) is 29.9 Å². The van der Waals surface area contributed by atoms with Gasteiger partial charge in [-0.15, -0.1) is 0 Å². The fourth-order valence-electron chi connectivity index (χ4n) is 1.75. The van der Waals surface area contributed by atoms with E-state index in [2.05, 4.69) is 49.7 Å². The third kappa shape index (κ3) is 2.46. The van der Waals surface area contributed by atoms with Gasteiger partial charge in [-0.3, -0.25) is 0 Å². The van der Waals surface area contributed by atoms with Gasteiger partial charge in [0.2, 0.25) is 0 Å². The lowest BCUT2D eigenvalue weighted by molar-refractivity contribution is 0.233. The molecule has 15 heavy (non-hydrogen) atoms. The molecule has 1 atom stereocenters. The Balaban J connectivity index is 2.12. The van der Waals surface area contributed by atoms with Crippen LogP contribution in [0.5, 0.6) is 0 Å². The van der Waals surface area contributed by atoms with Crippen LogP contribution in [0.15, 0.2) is 17.0 Å². The summed E-state index contributed by atoms with van der Waals surface area (Å²) in [4.78, 5) is 13.0. The second-order valence-corrected chi connectivity index (χ2v) is 4.79. The first-order valence-electron chi connectivity index (χ1n) is 5.09. The molecule has 1 aliphatic rings. The zero-order chi connectivity index (χ0) is 10.8. The Bertz CT molecular complexity index is 344. The monoisotopic (exact) mass is 270 g/mol. The highest BCUT2D eigenvalue weighted by atomic mass is 79.9. The minimum Gasteiger partial charge on any atom is -0.354 e. The third-order valence-electron chi connectivity index (χ3n) is 2.90. The van der Waals surface area contributed by atoms with Gasteiger partial charge < -0.3 is 9.80 Å². The molecular formula is C10H15BrN4. The van der Waals surface area contributed by atoms with Gasteiger partial charge in [0.1, 0.15) is 16.7 Å². The predicted octanol–water partition coefficient (Wildman–Crippen LogP) is 1.38. The molecule has 1 unspecified atom stereocenters. The molecular weight excluding hydrogens is 256 g/mol. The van der Waals surface area contributed by atoms with Gasteiger partial charge in [0.15, 0.2) is 0 Å². The van der Waals surface area contributed by atoms with Crippen LogP contribution in [0, 0.1) is 0 Å². The molecule has 0 bridgehead atoms. The lowest BCUT2D eigenvalue weighted by Gasteiger charge is -2.38. The Kier molecular flexibility index (Phi) is 3.21. The Hall–Kier alpha value is -0.680. The Labute approximate surface area is 98.4 Å². The Morgan fingerprint density at radius 1 is 1.40 bits per heavy atom. The molecule has 2 heterocycles. The molecule has 0 N–H and O–H groups in total. The summed E-state index contributed by atoms with van der Waals surface area (Å²) in [5.41, 5.74) is 0. The average Bonchev–Trinajstić information content (AvgIpc) is 2.22. The molecule has 2 rings (SSSR count). The van der Waals surface area contributed by atoms with E-state index in [1.807, 2.05) is 6.07 Å². The van der Waals surface area contributed by atoms with Gasteiger partial charge in [-0.2, -0.15) is 0 Å². The van der Waals surface area contributed by atoms with Gasteiger partial charge in [-0.1, -0.05) is 0 Å². The molecule has 1 aromatic heterocycles. The van der Waals surface area contributed by atoms with Crippen LogP contribution in [-0.2, 0) is 0 Å². The minimum atomic E-state index is 0.576. The highest BCUT2D eigenvalue weighted by Crippen LogP contribution is 2.18. The summed E-state index contributed by atoms with van der Waals surface area (Å²) in [6.45, 7) is 5.38. The molecule has 1 fully saturated rings. The average molecular weight is 271 g/mol. The summed E-state index contributed by atoms with van der Waals surface area (Å²) >= 11 is 3.37. The van der Waals surface area contributed by atoms with Crippen molar-refractivity contribution >= 4 is 21.7 Å². The van der Waals surface area contributed by atoms with Crippen LogP contribution in [-0.4, -0.2) is 47.6 Å². The number of rotatable bonds is 1. The van der Waals surface area contributed by atoms with E-state index >= 15 is 0 Å². The minimum absolute atomic E-state index is 0.576. The quantitative estimate of drug-likeness (QED) is 0.722. The maximum Gasteiger partial charge on any atom is 0.133 e. The number of piperazine rings is 1. The van der Waals surface area contributed by atoms with E-state index in [9.17, 15) is 0 Å². The molecule has 0 saturated carbocycles. The molecule has 0 amide bonds. The van der Waals surface area contributed by atoms with E-state index in [1.54, 1.807) is 6.33 Å². The molecule has 4 nitrogen and oxygen atoms in total. The maximum atomic E-state index is 4.29. The summed E-state index contributed by atoms with van der Waals surface area (Å²) in [5, 5.41) is 0. The van der Waals surface area contributed by atoms with Gasteiger partial charge in [0.05, 0.1) is 0 Å². The molecule has 0 aliphatic carbocycles. The third-order valence-corrected chi connectivity index (χ3v) is 3.34. The summed E-state index contributed by atoms with van der Waals surface area (Å²) in [7, 11) is 2.16. The Morgan fingerprint density at radius 3 is 2.87 bits per heavy atom. The Morgan fingerprint density at radius 2 is 2.20 bits per heavy atom. The number of hydrogen-bond donors (Lipinski definition) is 0. The lowest BCUT2D eigenvalue weighted by atomic mass is 10.2.